The summed E-state index contributed by atoms with van der Waals surface area (Å²) in [7, 11) is 0. The molecular weight excluding hydrogens is 197 g/mol. The molecule has 0 radical (unpaired) electrons. The van der Waals surface area contributed by atoms with E-state index in [0.29, 0.717) is 0 Å². The van der Waals surface area contributed by atoms with Crippen molar-refractivity contribution < 1.29 is 9.90 Å². The fourth-order valence-electron chi connectivity index (χ4n) is 0.469. The monoisotopic (exact) mass is 199 g/mol. The SMILES string of the molecule is O=C(O)C1=CC(Cl)N(Cl)S1. The van der Waals surface area contributed by atoms with Gasteiger partial charge in [-0.2, -0.15) is 0 Å². The van der Waals surface area contributed by atoms with Gasteiger partial charge in [0.15, 0.2) is 0 Å². The Morgan fingerprint density at radius 1 is 1.90 bits per heavy atom. The molecule has 0 saturated carbocycles. The highest BCUT2D eigenvalue weighted by Crippen LogP contribution is 2.35. The van der Waals surface area contributed by atoms with Gasteiger partial charge in [0, 0.05) is 0 Å². The van der Waals surface area contributed by atoms with E-state index in [9.17, 15) is 4.79 Å². The Bertz CT molecular complexity index is 196. The third-order valence-corrected chi connectivity index (χ3v) is 2.74. The van der Waals surface area contributed by atoms with E-state index in [0.717, 1.165) is 15.8 Å². The Morgan fingerprint density at radius 2 is 2.50 bits per heavy atom. The number of nitrogens with zero attached hydrogens (tertiary/aromatic N) is 1. The number of hydrogen-bond donors (Lipinski definition) is 1. The number of hydrogen-bond acceptors (Lipinski definition) is 3. The Hall–Kier alpha value is 0.1000. The zero-order valence-electron chi connectivity index (χ0n) is 4.62. The highest BCUT2D eigenvalue weighted by molar-refractivity contribution is 8.02. The molecule has 1 rings (SSSR count). The molecule has 0 fully saturated rings. The largest absolute Gasteiger partial charge is 0.477 e. The molecule has 0 spiro atoms. The second kappa shape index (κ2) is 3.00. The van der Waals surface area contributed by atoms with E-state index in [1.54, 1.807) is 0 Å². The third-order valence-electron chi connectivity index (χ3n) is 0.879. The van der Waals surface area contributed by atoms with Crippen LogP contribution in [0.3, 0.4) is 0 Å². The maximum absolute atomic E-state index is 10.3. The number of rotatable bonds is 1. The Labute approximate surface area is 71.8 Å². The van der Waals surface area contributed by atoms with Crippen molar-refractivity contribution in [1.82, 2.24) is 3.82 Å². The first-order valence-electron chi connectivity index (χ1n) is 2.33. The Morgan fingerprint density at radius 3 is 2.70 bits per heavy atom. The third kappa shape index (κ3) is 1.58. The summed E-state index contributed by atoms with van der Waals surface area (Å²) >= 11 is 11.9. The fraction of sp³-hybridized carbons (Fsp3) is 0.250. The van der Waals surface area contributed by atoms with Crippen LogP contribution in [0.2, 0.25) is 0 Å². The lowest BCUT2D eigenvalue weighted by molar-refractivity contribution is -0.131. The summed E-state index contributed by atoms with van der Waals surface area (Å²) < 4.78 is 1.14. The van der Waals surface area contributed by atoms with Crippen LogP contribution in [0.5, 0.6) is 0 Å². The predicted octanol–water partition coefficient (Wildman–Crippen LogP) is 1.64. The average molecular weight is 200 g/mol. The molecular formula is C4H3Cl2NO2S. The number of aliphatic carboxylic acids is 1. The van der Waals surface area contributed by atoms with Crippen LogP contribution in [0.4, 0.5) is 0 Å². The van der Waals surface area contributed by atoms with Crippen LogP contribution in [-0.2, 0) is 4.79 Å². The lowest BCUT2D eigenvalue weighted by Gasteiger charge is -2.04. The molecule has 0 aliphatic carbocycles. The van der Waals surface area contributed by atoms with Gasteiger partial charge in [0.1, 0.15) is 10.4 Å². The lowest BCUT2D eigenvalue weighted by Crippen LogP contribution is -2.04. The van der Waals surface area contributed by atoms with E-state index in [4.69, 9.17) is 28.5 Å². The summed E-state index contributed by atoms with van der Waals surface area (Å²) in [5.41, 5.74) is -0.530. The summed E-state index contributed by atoms with van der Waals surface area (Å²) in [4.78, 5) is 10.4. The van der Waals surface area contributed by atoms with Gasteiger partial charge in [-0.3, -0.25) is 0 Å². The second-order valence-electron chi connectivity index (χ2n) is 1.57. The van der Waals surface area contributed by atoms with Crippen molar-refractivity contribution in [2.75, 3.05) is 0 Å². The molecule has 1 unspecified atom stereocenters. The zero-order valence-corrected chi connectivity index (χ0v) is 6.95. The Balaban J connectivity index is 2.67. The highest BCUT2D eigenvalue weighted by Gasteiger charge is 2.26. The first kappa shape index (κ1) is 8.20. The van der Waals surface area contributed by atoms with Crippen LogP contribution < -0.4 is 0 Å². The molecule has 0 aromatic carbocycles. The summed E-state index contributed by atoms with van der Waals surface area (Å²) in [6.45, 7) is 0. The van der Waals surface area contributed by atoms with Crippen molar-refractivity contribution in [3.63, 3.8) is 0 Å². The minimum absolute atomic E-state index is 0.162. The molecule has 1 heterocycles. The molecule has 0 bridgehead atoms. The van der Waals surface area contributed by atoms with Gasteiger partial charge in [-0.25, -0.2) is 4.79 Å². The van der Waals surface area contributed by atoms with Crippen LogP contribution in [0.15, 0.2) is 11.0 Å². The topological polar surface area (TPSA) is 40.5 Å². The summed E-state index contributed by atoms with van der Waals surface area (Å²) in [6.07, 6.45) is 1.38. The maximum Gasteiger partial charge on any atom is 0.343 e. The van der Waals surface area contributed by atoms with E-state index >= 15 is 0 Å². The molecule has 0 saturated heterocycles. The lowest BCUT2D eigenvalue weighted by atomic mass is 10.5. The number of carbonyl (C=O) groups is 1. The molecule has 0 amide bonds. The van der Waals surface area contributed by atoms with Crippen molar-refractivity contribution in [3.05, 3.63) is 11.0 Å². The predicted molar refractivity (Wildman–Crippen MR) is 40.6 cm³/mol. The standard InChI is InChI=1S/C4H3Cl2NO2S/c5-3-1-2(4(8)9)10-7(3)6/h1,3H,(H,8,9). The molecule has 6 heteroatoms. The highest BCUT2D eigenvalue weighted by atomic mass is 35.5. The van der Waals surface area contributed by atoms with Crippen LogP contribution in [0.1, 0.15) is 0 Å². The summed E-state index contributed by atoms with van der Waals surface area (Å²) in [5.74, 6) is -1.00. The van der Waals surface area contributed by atoms with Crippen molar-refractivity contribution >= 4 is 41.3 Å². The zero-order chi connectivity index (χ0) is 7.72. The van der Waals surface area contributed by atoms with Crippen molar-refractivity contribution in [2.24, 2.45) is 0 Å². The van der Waals surface area contributed by atoms with Crippen molar-refractivity contribution in [2.45, 2.75) is 5.50 Å². The van der Waals surface area contributed by atoms with Crippen LogP contribution >= 0.6 is 35.3 Å². The molecule has 1 N–H and O–H groups in total. The van der Waals surface area contributed by atoms with Crippen LogP contribution in [0, 0.1) is 0 Å². The van der Waals surface area contributed by atoms with E-state index in [1.165, 1.54) is 6.08 Å². The minimum Gasteiger partial charge on any atom is -0.477 e. The molecule has 3 nitrogen and oxygen atoms in total. The number of carboxylic acids is 1. The molecule has 10 heavy (non-hydrogen) atoms. The van der Waals surface area contributed by atoms with Gasteiger partial charge in [0.25, 0.3) is 0 Å². The first-order valence-corrected chi connectivity index (χ1v) is 3.88. The van der Waals surface area contributed by atoms with Gasteiger partial charge < -0.3 is 5.11 Å². The molecule has 1 aliphatic heterocycles. The van der Waals surface area contributed by atoms with E-state index in [1.807, 2.05) is 0 Å². The normalized spacial score (nSPS) is 26.6. The van der Waals surface area contributed by atoms with Gasteiger partial charge in [-0.05, 0) is 29.8 Å². The molecule has 1 atom stereocenters. The summed E-state index contributed by atoms with van der Waals surface area (Å²) in [6, 6.07) is 0. The van der Waals surface area contributed by atoms with Crippen LogP contribution in [-0.4, -0.2) is 20.4 Å². The number of halogens is 2. The number of alkyl halides is 1. The van der Waals surface area contributed by atoms with Gasteiger partial charge >= 0.3 is 5.97 Å². The smallest absolute Gasteiger partial charge is 0.343 e. The van der Waals surface area contributed by atoms with E-state index in [-0.39, 0.29) is 4.91 Å². The Kier molecular flexibility index (Phi) is 2.46. The summed E-state index contributed by atoms with van der Waals surface area (Å²) in [5, 5.41) is 8.42. The van der Waals surface area contributed by atoms with Gasteiger partial charge in [0.05, 0.1) is 0 Å². The van der Waals surface area contributed by atoms with Crippen LogP contribution in [0.25, 0.3) is 0 Å². The maximum atomic E-state index is 10.3. The van der Waals surface area contributed by atoms with Crippen molar-refractivity contribution in [1.29, 1.82) is 0 Å². The van der Waals surface area contributed by atoms with Gasteiger partial charge in [0.2, 0.25) is 0 Å². The second-order valence-corrected chi connectivity index (χ2v) is 3.60. The minimum atomic E-state index is -1.00. The molecule has 1 aliphatic rings. The van der Waals surface area contributed by atoms with E-state index in [2.05, 4.69) is 0 Å². The van der Waals surface area contributed by atoms with Gasteiger partial charge in [-0.1, -0.05) is 11.6 Å². The first-order chi connectivity index (χ1) is 4.61. The van der Waals surface area contributed by atoms with Gasteiger partial charge in [-0.15, -0.1) is 3.82 Å². The van der Waals surface area contributed by atoms with E-state index < -0.39 is 11.5 Å². The van der Waals surface area contributed by atoms with Crippen molar-refractivity contribution in [3.8, 4) is 0 Å². The molecule has 0 aromatic rings. The average Bonchev–Trinajstić information content (AvgIpc) is 2.13. The molecule has 56 valence electrons. The quantitative estimate of drug-likeness (QED) is 0.302. The molecule has 0 aromatic heterocycles. The number of carboxylic acid groups (broad SMARTS) is 1. The fourth-order valence-corrected chi connectivity index (χ4v) is 1.69.